The zero-order valence-electron chi connectivity index (χ0n) is 10.4. The van der Waals surface area contributed by atoms with Gasteiger partial charge in [0.15, 0.2) is 0 Å². The van der Waals surface area contributed by atoms with Gasteiger partial charge in [-0.05, 0) is 37.8 Å². The highest BCUT2D eigenvalue weighted by Crippen LogP contribution is 2.22. The van der Waals surface area contributed by atoms with Gasteiger partial charge in [-0.3, -0.25) is 0 Å². The Morgan fingerprint density at radius 2 is 2.41 bits per heavy atom. The number of ether oxygens (including phenoxy) is 1. The fourth-order valence-corrected chi connectivity index (χ4v) is 2.27. The molecule has 2 unspecified atom stereocenters. The van der Waals surface area contributed by atoms with Crippen molar-refractivity contribution in [2.45, 2.75) is 45.3 Å². The maximum absolute atomic E-state index is 5.91. The molecular formula is C13H19ClN2O. The Balaban J connectivity index is 1.97. The number of rotatable bonds is 3. The highest BCUT2D eigenvalue weighted by atomic mass is 35.5. The number of anilines is 1. The van der Waals surface area contributed by atoms with Gasteiger partial charge in [0.25, 0.3) is 0 Å². The van der Waals surface area contributed by atoms with Crippen molar-refractivity contribution >= 4 is 17.3 Å². The number of halogens is 1. The second kappa shape index (κ2) is 5.69. The van der Waals surface area contributed by atoms with Crippen molar-refractivity contribution < 1.29 is 4.74 Å². The average Bonchev–Trinajstić information content (AvgIpc) is 2.34. The van der Waals surface area contributed by atoms with Gasteiger partial charge in [-0.25, -0.2) is 4.98 Å². The van der Waals surface area contributed by atoms with Crippen LogP contribution >= 0.6 is 11.6 Å². The molecule has 1 saturated heterocycles. The molecule has 0 spiro atoms. The number of hydrogen-bond donors (Lipinski definition) is 1. The quantitative estimate of drug-likeness (QED) is 0.840. The predicted octanol–water partition coefficient (Wildman–Crippen LogP) is 3.41. The van der Waals surface area contributed by atoms with Crippen molar-refractivity contribution in [2.75, 3.05) is 11.9 Å². The van der Waals surface area contributed by atoms with Gasteiger partial charge in [0.2, 0.25) is 0 Å². The minimum absolute atomic E-state index is 0.391. The first-order valence-corrected chi connectivity index (χ1v) is 6.57. The van der Waals surface area contributed by atoms with Gasteiger partial charge in [0.1, 0.15) is 5.15 Å². The van der Waals surface area contributed by atoms with Crippen molar-refractivity contribution in [1.29, 1.82) is 0 Å². The number of nitrogens with one attached hydrogen (secondary N) is 1. The van der Waals surface area contributed by atoms with E-state index in [4.69, 9.17) is 16.3 Å². The molecule has 4 heteroatoms. The van der Waals surface area contributed by atoms with Gasteiger partial charge in [0, 0.05) is 12.6 Å². The fraction of sp³-hybridized carbons (Fsp3) is 0.615. The molecule has 1 aliphatic heterocycles. The summed E-state index contributed by atoms with van der Waals surface area (Å²) in [6.07, 6.45) is 5.39. The molecule has 1 N–H and O–H groups in total. The molecule has 0 aliphatic carbocycles. The van der Waals surface area contributed by atoms with Crippen molar-refractivity contribution in [2.24, 2.45) is 0 Å². The summed E-state index contributed by atoms with van der Waals surface area (Å²) in [6.45, 7) is 4.98. The highest BCUT2D eigenvalue weighted by Gasteiger charge is 2.21. The Bertz CT molecular complexity index is 384. The monoisotopic (exact) mass is 254 g/mol. The lowest BCUT2D eigenvalue weighted by molar-refractivity contribution is 0.00925. The summed E-state index contributed by atoms with van der Waals surface area (Å²) in [4.78, 5) is 4.16. The fourth-order valence-electron chi connectivity index (χ4n) is 2.17. The van der Waals surface area contributed by atoms with Crippen LogP contribution in [0.2, 0.25) is 5.15 Å². The molecule has 1 fully saturated rings. The average molecular weight is 255 g/mol. The molecule has 2 rings (SSSR count). The van der Waals surface area contributed by atoms with Crippen LogP contribution in [-0.4, -0.2) is 23.7 Å². The Morgan fingerprint density at radius 3 is 3.12 bits per heavy atom. The van der Waals surface area contributed by atoms with Gasteiger partial charge >= 0.3 is 0 Å². The molecule has 17 heavy (non-hydrogen) atoms. The number of nitrogens with zero attached hydrogens (tertiary/aromatic N) is 1. The van der Waals surface area contributed by atoms with E-state index in [1.807, 2.05) is 13.0 Å². The lowest BCUT2D eigenvalue weighted by Crippen LogP contribution is -2.33. The van der Waals surface area contributed by atoms with Gasteiger partial charge in [-0.1, -0.05) is 18.5 Å². The zero-order chi connectivity index (χ0) is 12.3. The van der Waals surface area contributed by atoms with Crippen molar-refractivity contribution in [3.05, 3.63) is 23.0 Å². The molecule has 3 nitrogen and oxygen atoms in total. The van der Waals surface area contributed by atoms with Crippen LogP contribution in [0.1, 0.15) is 31.7 Å². The van der Waals surface area contributed by atoms with Gasteiger partial charge in [-0.15, -0.1) is 0 Å². The molecule has 0 saturated carbocycles. The van der Waals surface area contributed by atoms with Gasteiger partial charge in [0.05, 0.1) is 18.0 Å². The maximum atomic E-state index is 5.91. The normalized spacial score (nSPS) is 24.6. The molecule has 1 aromatic heterocycles. The maximum Gasteiger partial charge on any atom is 0.132 e. The molecule has 0 aromatic carbocycles. The molecule has 2 heterocycles. The molecule has 0 amide bonds. The number of aryl methyl sites for hydroxylation is 1. The smallest absolute Gasteiger partial charge is 0.132 e. The van der Waals surface area contributed by atoms with Crippen LogP contribution in [0, 0.1) is 6.92 Å². The lowest BCUT2D eigenvalue weighted by Gasteiger charge is -2.30. The summed E-state index contributed by atoms with van der Waals surface area (Å²) in [7, 11) is 0. The second-order valence-corrected chi connectivity index (χ2v) is 4.96. The van der Waals surface area contributed by atoms with E-state index in [-0.39, 0.29) is 0 Å². The number of aromatic nitrogens is 1. The van der Waals surface area contributed by atoms with Gasteiger partial charge < -0.3 is 10.1 Å². The third-order valence-corrected chi connectivity index (χ3v) is 3.60. The Kier molecular flexibility index (Phi) is 4.24. The van der Waals surface area contributed by atoms with E-state index in [0.717, 1.165) is 37.1 Å². The summed E-state index contributed by atoms with van der Waals surface area (Å²) < 4.78 is 5.66. The summed E-state index contributed by atoms with van der Waals surface area (Å²) in [5.74, 6) is 0. The molecule has 1 aliphatic rings. The molecule has 0 bridgehead atoms. The summed E-state index contributed by atoms with van der Waals surface area (Å²) in [5.41, 5.74) is 2.06. The minimum atomic E-state index is 0.391. The standard InChI is InChI=1S/C13H19ClN2O/c1-3-12-7-10(4-5-17-12)16-11-6-9(2)13(14)15-8-11/h6,8,10,12,16H,3-5,7H2,1-2H3. The zero-order valence-corrected chi connectivity index (χ0v) is 11.1. The summed E-state index contributed by atoms with van der Waals surface area (Å²) in [6, 6.07) is 2.53. The van der Waals surface area contributed by atoms with E-state index < -0.39 is 0 Å². The number of pyridine rings is 1. The van der Waals surface area contributed by atoms with Crippen LogP contribution < -0.4 is 5.32 Å². The van der Waals surface area contributed by atoms with E-state index in [9.17, 15) is 0 Å². The third-order valence-electron chi connectivity index (χ3n) is 3.21. The first-order valence-electron chi connectivity index (χ1n) is 6.19. The van der Waals surface area contributed by atoms with Crippen LogP contribution in [0.5, 0.6) is 0 Å². The van der Waals surface area contributed by atoms with Gasteiger partial charge in [-0.2, -0.15) is 0 Å². The molecule has 2 atom stereocenters. The Morgan fingerprint density at radius 1 is 1.59 bits per heavy atom. The molecule has 0 radical (unpaired) electrons. The van der Waals surface area contributed by atoms with Crippen molar-refractivity contribution in [1.82, 2.24) is 4.98 Å². The predicted molar refractivity (Wildman–Crippen MR) is 70.7 cm³/mol. The van der Waals surface area contributed by atoms with Crippen molar-refractivity contribution in [3.63, 3.8) is 0 Å². The lowest BCUT2D eigenvalue weighted by atomic mass is 10.0. The summed E-state index contributed by atoms with van der Waals surface area (Å²) >= 11 is 5.91. The highest BCUT2D eigenvalue weighted by molar-refractivity contribution is 6.30. The van der Waals surface area contributed by atoms with E-state index in [2.05, 4.69) is 17.2 Å². The second-order valence-electron chi connectivity index (χ2n) is 4.60. The summed E-state index contributed by atoms with van der Waals surface area (Å²) in [5, 5.41) is 4.09. The van der Waals surface area contributed by atoms with E-state index in [1.54, 1.807) is 6.20 Å². The topological polar surface area (TPSA) is 34.2 Å². The third kappa shape index (κ3) is 3.33. The van der Waals surface area contributed by atoms with E-state index in [0.29, 0.717) is 17.3 Å². The number of hydrogen-bond acceptors (Lipinski definition) is 3. The van der Waals surface area contributed by atoms with Crippen LogP contribution in [-0.2, 0) is 4.74 Å². The van der Waals surface area contributed by atoms with Crippen LogP contribution in [0.4, 0.5) is 5.69 Å². The largest absolute Gasteiger partial charge is 0.381 e. The first kappa shape index (κ1) is 12.7. The minimum Gasteiger partial charge on any atom is -0.381 e. The SMILES string of the molecule is CCC1CC(Nc2cnc(Cl)c(C)c2)CCO1. The Labute approximate surface area is 108 Å². The van der Waals surface area contributed by atoms with E-state index in [1.165, 1.54) is 0 Å². The molecule has 1 aromatic rings. The van der Waals surface area contributed by atoms with Crippen molar-refractivity contribution in [3.8, 4) is 0 Å². The van der Waals surface area contributed by atoms with Crippen LogP contribution in [0.15, 0.2) is 12.3 Å². The van der Waals surface area contributed by atoms with Crippen LogP contribution in [0.25, 0.3) is 0 Å². The van der Waals surface area contributed by atoms with E-state index >= 15 is 0 Å². The first-order chi connectivity index (χ1) is 8.19. The Hall–Kier alpha value is -0.800. The molecular weight excluding hydrogens is 236 g/mol. The molecule has 94 valence electrons. The van der Waals surface area contributed by atoms with Crippen LogP contribution in [0.3, 0.4) is 0 Å².